The minimum atomic E-state index is -0.648. The Morgan fingerprint density at radius 1 is 1.42 bits per heavy atom. The zero-order valence-corrected chi connectivity index (χ0v) is 11.1. The third-order valence-corrected chi connectivity index (χ3v) is 2.65. The molecule has 19 heavy (non-hydrogen) atoms. The second kappa shape index (κ2) is 6.63. The fourth-order valence-corrected chi connectivity index (χ4v) is 1.43. The van der Waals surface area contributed by atoms with Crippen LogP contribution in [-0.2, 0) is 4.79 Å². The molecule has 1 rings (SSSR count). The number of ether oxygens (including phenoxy) is 1. The molecule has 1 aromatic carbocycles. The predicted molar refractivity (Wildman–Crippen MR) is 72.8 cm³/mol. The van der Waals surface area contributed by atoms with Gasteiger partial charge >= 0.3 is 0 Å². The van der Waals surface area contributed by atoms with Crippen molar-refractivity contribution in [3.8, 4) is 5.75 Å². The molecule has 0 heterocycles. The highest BCUT2D eigenvalue weighted by atomic mass is 16.5. The molecule has 0 spiro atoms. The van der Waals surface area contributed by atoms with E-state index in [0.717, 1.165) is 6.42 Å². The number of nitrogens with one attached hydrogen (secondary N) is 1. The number of rotatable bonds is 6. The molecule has 0 aliphatic rings. The van der Waals surface area contributed by atoms with Crippen molar-refractivity contribution in [2.45, 2.75) is 26.3 Å². The lowest BCUT2D eigenvalue weighted by Crippen LogP contribution is -2.35. The Morgan fingerprint density at radius 2 is 2.11 bits per heavy atom. The lowest BCUT2D eigenvalue weighted by Gasteiger charge is -2.13. The second-order valence-electron chi connectivity index (χ2n) is 4.29. The molecule has 1 unspecified atom stereocenters. The number of amides is 2. The molecule has 104 valence electrons. The molecule has 6 nitrogen and oxygen atoms in total. The van der Waals surface area contributed by atoms with Gasteiger partial charge in [-0.1, -0.05) is 6.92 Å². The number of nitrogens with two attached hydrogens (primary N) is 2. The zero-order valence-electron chi connectivity index (χ0n) is 11.1. The van der Waals surface area contributed by atoms with E-state index in [1.165, 1.54) is 12.1 Å². The summed E-state index contributed by atoms with van der Waals surface area (Å²) in [6.45, 7) is 3.70. The van der Waals surface area contributed by atoms with Crippen LogP contribution in [0.4, 0.5) is 5.69 Å². The standard InChI is InChI=1S/C13H19N3O3/c1-3-8(2)16-12(17)7-19-11-5-4-9(14)6-10(11)13(15)18/h4-6,8H,3,7,14H2,1-2H3,(H2,15,18)(H,16,17). The molecule has 0 radical (unpaired) electrons. The summed E-state index contributed by atoms with van der Waals surface area (Å²) in [5.41, 5.74) is 11.4. The van der Waals surface area contributed by atoms with E-state index in [1.807, 2.05) is 13.8 Å². The Kier molecular flexibility index (Phi) is 5.17. The predicted octanol–water partition coefficient (Wildman–Crippen LogP) is 0.661. The van der Waals surface area contributed by atoms with Crippen LogP contribution in [0.2, 0.25) is 0 Å². The summed E-state index contributed by atoms with van der Waals surface area (Å²) in [5.74, 6) is -0.646. The maximum atomic E-state index is 11.6. The minimum Gasteiger partial charge on any atom is -0.483 e. The quantitative estimate of drug-likeness (QED) is 0.657. The molecule has 6 heteroatoms. The van der Waals surface area contributed by atoms with E-state index in [0.29, 0.717) is 5.69 Å². The third-order valence-electron chi connectivity index (χ3n) is 2.65. The molecular weight excluding hydrogens is 246 g/mol. The van der Waals surface area contributed by atoms with E-state index in [9.17, 15) is 9.59 Å². The number of nitrogen functional groups attached to an aromatic ring is 1. The number of carbonyl (C=O) groups excluding carboxylic acids is 2. The van der Waals surface area contributed by atoms with E-state index in [1.54, 1.807) is 6.07 Å². The Labute approximate surface area is 112 Å². The van der Waals surface area contributed by atoms with Gasteiger partial charge in [-0.3, -0.25) is 9.59 Å². The second-order valence-corrected chi connectivity index (χ2v) is 4.29. The molecule has 0 aliphatic carbocycles. The summed E-state index contributed by atoms with van der Waals surface area (Å²) in [7, 11) is 0. The van der Waals surface area contributed by atoms with Gasteiger partial charge in [0.1, 0.15) is 5.75 Å². The van der Waals surface area contributed by atoms with Crippen LogP contribution in [0.25, 0.3) is 0 Å². The number of anilines is 1. The smallest absolute Gasteiger partial charge is 0.258 e. The van der Waals surface area contributed by atoms with E-state index < -0.39 is 5.91 Å². The van der Waals surface area contributed by atoms with Crippen molar-refractivity contribution in [1.29, 1.82) is 0 Å². The third kappa shape index (κ3) is 4.50. The first-order chi connectivity index (χ1) is 8.93. The summed E-state index contributed by atoms with van der Waals surface area (Å²) in [4.78, 5) is 22.8. The van der Waals surface area contributed by atoms with Gasteiger partial charge in [0.2, 0.25) is 0 Å². The summed E-state index contributed by atoms with van der Waals surface area (Å²) in [6, 6.07) is 4.60. The molecular formula is C13H19N3O3. The fourth-order valence-electron chi connectivity index (χ4n) is 1.43. The van der Waals surface area contributed by atoms with E-state index >= 15 is 0 Å². The normalized spacial score (nSPS) is 11.7. The van der Waals surface area contributed by atoms with Gasteiger partial charge in [-0.05, 0) is 31.5 Å². The number of hydrogen-bond acceptors (Lipinski definition) is 4. The van der Waals surface area contributed by atoms with Gasteiger partial charge in [0.05, 0.1) is 5.56 Å². The average Bonchev–Trinajstić information content (AvgIpc) is 2.36. The van der Waals surface area contributed by atoms with Crippen molar-refractivity contribution in [2.24, 2.45) is 5.73 Å². The number of carbonyl (C=O) groups is 2. The molecule has 5 N–H and O–H groups in total. The molecule has 0 fully saturated rings. The van der Waals surface area contributed by atoms with Crippen molar-refractivity contribution in [2.75, 3.05) is 12.3 Å². The Balaban J connectivity index is 2.67. The van der Waals surface area contributed by atoms with Gasteiger partial charge in [-0.25, -0.2) is 0 Å². The molecule has 2 amide bonds. The molecule has 0 saturated heterocycles. The van der Waals surface area contributed by atoms with Crippen LogP contribution in [0.15, 0.2) is 18.2 Å². The number of benzene rings is 1. The van der Waals surface area contributed by atoms with Gasteiger partial charge < -0.3 is 21.5 Å². The highest BCUT2D eigenvalue weighted by Gasteiger charge is 2.12. The molecule has 0 saturated carbocycles. The van der Waals surface area contributed by atoms with Gasteiger partial charge in [0.15, 0.2) is 6.61 Å². The maximum Gasteiger partial charge on any atom is 0.258 e. The SMILES string of the molecule is CCC(C)NC(=O)COc1ccc(N)cc1C(N)=O. The summed E-state index contributed by atoms with van der Waals surface area (Å²) in [6.07, 6.45) is 0.833. The molecule has 1 atom stereocenters. The van der Waals surface area contributed by atoms with Crippen molar-refractivity contribution in [3.63, 3.8) is 0 Å². The van der Waals surface area contributed by atoms with Crippen molar-refractivity contribution < 1.29 is 14.3 Å². The summed E-state index contributed by atoms with van der Waals surface area (Å²) >= 11 is 0. The van der Waals surface area contributed by atoms with E-state index in [2.05, 4.69) is 5.32 Å². The number of primary amides is 1. The first-order valence-electron chi connectivity index (χ1n) is 6.05. The average molecular weight is 265 g/mol. The van der Waals surface area contributed by atoms with Crippen molar-refractivity contribution in [3.05, 3.63) is 23.8 Å². The van der Waals surface area contributed by atoms with E-state index in [4.69, 9.17) is 16.2 Å². The topological polar surface area (TPSA) is 107 Å². The zero-order chi connectivity index (χ0) is 14.4. The summed E-state index contributed by atoms with van der Waals surface area (Å²) < 4.78 is 5.29. The molecule has 1 aromatic rings. The highest BCUT2D eigenvalue weighted by molar-refractivity contribution is 5.96. The lowest BCUT2D eigenvalue weighted by atomic mass is 10.1. The minimum absolute atomic E-state index is 0.0816. The van der Waals surface area contributed by atoms with Crippen LogP contribution < -0.4 is 21.5 Å². The largest absolute Gasteiger partial charge is 0.483 e. The van der Waals surface area contributed by atoms with Crippen LogP contribution in [0.3, 0.4) is 0 Å². The first-order valence-corrected chi connectivity index (χ1v) is 6.05. The van der Waals surface area contributed by atoms with E-state index in [-0.39, 0.29) is 29.9 Å². The Hall–Kier alpha value is -2.24. The van der Waals surface area contributed by atoms with Gasteiger partial charge in [0, 0.05) is 11.7 Å². The Morgan fingerprint density at radius 3 is 2.68 bits per heavy atom. The monoisotopic (exact) mass is 265 g/mol. The van der Waals surface area contributed by atoms with Gasteiger partial charge in [-0.15, -0.1) is 0 Å². The van der Waals surface area contributed by atoms with Crippen LogP contribution in [-0.4, -0.2) is 24.5 Å². The molecule has 0 aromatic heterocycles. The highest BCUT2D eigenvalue weighted by Crippen LogP contribution is 2.20. The maximum absolute atomic E-state index is 11.6. The summed E-state index contributed by atoms with van der Waals surface area (Å²) in [5, 5.41) is 2.76. The Bertz CT molecular complexity index is 474. The number of hydrogen-bond donors (Lipinski definition) is 3. The lowest BCUT2D eigenvalue weighted by molar-refractivity contribution is -0.123. The van der Waals surface area contributed by atoms with Crippen molar-refractivity contribution in [1.82, 2.24) is 5.32 Å². The fraction of sp³-hybridized carbons (Fsp3) is 0.385. The van der Waals surface area contributed by atoms with Crippen LogP contribution in [0, 0.1) is 0 Å². The van der Waals surface area contributed by atoms with Crippen LogP contribution >= 0.6 is 0 Å². The van der Waals surface area contributed by atoms with Gasteiger partial charge in [-0.2, -0.15) is 0 Å². The van der Waals surface area contributed by atoms with Gasteiger partial charge in [0.25, 0.3) is 11.8 Å². The van der Waals surface area contributed by atoms with Crippen LogP contribution in [0.5, 0.6) is 5.75 Å². The molecule has 0 aliphatic heterocycles. The molecule has 0 bridgehead atoms. The van der Waals surface area contributed by atoms with Crippen LogP contribution in [0.1, 0.15) is 30.6 Å². The first kappa shape index (κ1) is 14.8. The van der Waals surface area contributed by atoms with Crippen molar-refractivity contribution >= 4 is 17.5 Å².